The predicted octanol–water partition coefficient (Wildman–Crippen LogP) is 4.20. The van der Waals surface area contributed by atoms with E-state index >= 15 is 0 Å². The largest absolute Gasteiger partial charge is 0.573 e. The fourth-order valence-electron chi connectivity index (χ4n) is 3.54. The zero-order chi connectivity index (χ0) is 23.4. The van der Waals surface area contributed by atoms with Gasteiger partial charge in [0.1, 0.15) is 23.4 Å². The van der Waals surface area contributed by atoms with Crippen LogP contribution in [0.4, 0.5) is 19.0 Å². The minimum absolute atomic E-state index is 0.0104. The molecule has 0 bridgehead atoms. The van der Waals surface area contributed by atoms with Gasteiger partial charge in [-0.3, -0.25) is 4.57 Å². The van der Waals surface area contributed by atoms with E-state index in [0.717, 1.165) is 18.1 Å². The van der Waals surface area contributed by atoms with Crippen LogP contribution in [0.25, 0.3) is 0 Å². The summed E-state index contributed by atoms with van der Waals surface area (Å²) in [5.74, 6) is 0.898. The van der Waals surface area contributed by atoms with Crippen LogP contribution < -0.4 is 20.5 Å². The van der Waals surface area contributed by atoms with Crippen molar-refractivity contribution < 1.29 is 27.4 Å². The number of halogens is 3. The lowest BCUT2D eigenvalue weighted by Crippen LogP contribution is -2.48. The smallest absolute Gasteiger partial charge is 0.460 e. The summed E-state index contributed by atoms with van der Waals surface area (Å²) in [5, 5.41) is 3.52. The molecule has 0 saturated heterocycles. The predicted molar refractivity (Wildman–Crippen MR) is 115 cm³/mol. The average Bonchev–Trinajstić information content (AvgIpc) is 2.99. The van der Waals surface area contributed by atoms with Crippen LogP contribution in [-0.2, 0) is 17.8 Å². The summed E-state index contributed by atoms with van der Waals surface area (Å²) in [5.41, 5.74) is 9.21. The summed E-state index contributed by atoms with van der Waals surface area (Å²) < 4.78 is 54.5. The fraction of sp³-hybridized carbons (Fsp3) is 0.304. The van der Waals surface area contributed by atoms with E-state index in [1.54, 1.807) is 18.3 Å². The number of anilines is 1. The lowest BCUT2D eigenvalue weighted by atomic mass is 10.1. The Morgan fingerprint density at radius 2 is 2.06 bits per heavy atom. The fourth-order valence-corrected chi connectivity index (χ4v) is 3.54. The molecule has 0 saturated carbocycles. The van der Waals surface area contributed by atoms with Gasteiger partial charge >= 0.3 is 6.36 Å². The van der Waals surface area contributed by atoms with Crippen LogP contribution in [0, 0.1) is 0 Å². The number of nitrogen functional groups attached to an aromatic ring is 1. The Hall–Kier alpha value is -3.62. The van der Waals surface area contributed by atoms with Gasteiger partial charge in [0.15, 0.2) is 5.76 Å². The van der Waals surface area contributed by atoms with Crippen molar-refractivity contribution >= 4 is 5.82 Å². The molecular weight excluding hydrogens is 437 g/mol. The first-order valence-electron chi connectivity index (χ1n) is 10.4. The highest BCUT2D eigenvalue weighted by molar-refractivity contribution is 5.34. The van der Waals surface area contributed by atoms with E-state index in [9.17, 15) is 13.2 Å². The molecule has 174 valence electrons. The van der Waals surface area contributed by atoms with E-state index in [0.29, 0.717) is 36.4 Å². The van der Waals surface area contributed by atoms with Gasteiger partial charge in [-0.25, -0.2) is 0 Å². The van der Waals surface area contributed by atoms with Gasteiger partial charge in [-0.2, -0.15) is 4.98 Å². The number of hydrogen-bond donors (Lipinski definition) is 2. The number of imidazole rings is 1. The molecule has 2 atom stereocenters. The van der Waals surface area contributed by atoms with Crippen molar-refractivity contribution in [3.8, 4) is 11.8 Å². The topological polar surface area (TPSA) is 83.6 Å². The summed E-state index contributed by atoms with van der Waals surface area (Å²) >= 11 is 0. The van der Waals surface area contributed by atoms with Gasteiger partial charge in [-0.1, -0.05) is 24.8 Å². The molecule has 1 aliphatic carbocycles. The molecule has 4 rings (SSSR count). The van der Waals surface area contributed by atoms with Crippen LogP contribution in [0.3, 0.4) is 0 Å². The molecule has 2 aliphatic rings. The second kappa shape index (κ2) is 9.48. The van der Waals surface area contributed by atoms with Gasteiger partial charge in [-0.15, -0.1) is 13.2 Å². The minimum atomic E-state index is -4.77. The molecule has 0 fully saturated rings. The number of aromatic nitrogens is 2. The first-order chi connectivity index (χ1) is 15.8. The van der Waals surface area contributed by atoms with E-state index in [4.69, 9.17) is 15.2 Å². The Kier molecular flexibility index (Phi) is 6.48. The van der Waals surface area contributed by atoms with E-state index in [1.807, 2.05) is 16.7 Å². The molecule has 2 heterocycles. The van der Waals surface area contributed by atoms with Crippen molar-refractivity contribution in [2.24, 2.45) is 0 Å². The molecule has 3 N–H and O–H groups in total. The first-order valence-corrected chi connectivity index (χ1v) is 10.4. The van der Waals surface area contributed by atoms with E-state index in [2.05, 4.69) is 27.7 Å². The number of nitrogens with zero attached hydrogens (tertiary/aromatic N) is 2. The number of hydrogen-bond acceptors (Lipinski definition) is 6. The Bertz CT molecular complexity index is 1110. The zero-order valence-corrected chi connectivity index (χ0v) is 17.8. The molecular formula is C23H23F3N4O3. The lowest BCUT2D eigenvalue weighted by Gasteiger charge is -2.32. The van der Waals surface area contributed by atoms with Crippen LogP contribution >= 0.6 is 0 Å². The third kappa shape index (κ3) is 6.00. The Morgan fingerprint density at radius 3 is 2.79 bits per heavy atom. The maximum Gasteiger partial charge on any atom is 0.573 e. The number of alkyl halides is 3. The lowest BCUT2D eigenvalue weighted by molar-refractivity contribution is -0.303. The molecule has 0 radical (unpaired) electrons. The molecule has 7 nitrogen and oxygen atoms in total. The van der Waals surface area contributed by atoms with Crippen LogP contribution in [0.15, 0.2) is 72.0 Å². The molecule has 1 aromatic heterocycles. The molecule has 0 unspecified atom stereocenters. The molecule has 33 heavy (non-hydrogen) atoms. The summed E-state index contributed by atoms with van der Waals surface area (Å²) in [4.78, 5) is 4.19. The third-order valence-electron chi connectivity index (χ3n) is 5.09. The van der Waals surface area contributed by atoms with Crippen LogP contribution in [-0.4, -0.2) is 28.1 Å². The molecule has 10 heteroatoms. The highest BCUT2D eigenvalue weighted by atomic mass is 19.4. The van der Waals surface area contributed by atoms with Crippen molar-refractivity contribution in [1.29, 1.82) is 0 Å². The highest BCUT2D eigenvalue weighted by Gasteiger charge is 2.32. The second-order valence-corrected chi connectivity index (χ2v) is 7.52. The standard InChI is InChI=1S/C23H23F3N4O3/c1-2-20-19(13-30-14-21(27)29-22(30)32-20)28-12-15-6-8-17(9-7-15)31-16-4-3-5-18(11-10-16)33-23(24,25)26/h3-4,6-11,14,19-20,28H,2,12-13,27H2,1H3/t19-,20-/m0/s1. The molecule has 2 aromatic rings. The van der Waals surface area contributed by atoms with Gasteiger partial charge in [-0.05, 0) is 48.4 Å². The highest BCUT2D eigenvalue weighted by Crippen LogP contribution is 2.25. The number of fused-ring (bicyclic) bond motifs is 1. The summed E-state index contributed by atoms with van der Waals surface area (Å²) in [6.07, 6.45) is 3.16. The number of ether oxygens (including phenoxy) is 3. The summed E-state index contributed by atoms with van der Waals surface area (Å²) in [6.45, 7) is 3.39. The van der Waals surface area contributed by atoms with Crippen molar-refractivity contribution in [2.75, 3.05) is 5.73 Å². The Morgan fingerprint density at radius 1 is 1.27 bits per heavy atom. The van der Waals surface area contributed by atoms with Crippen molar-refractivity contribution in [1.82, 2.24) is 14.9 Å². The number of nitrogens with two attached hydrogens (primary N) is 1. The van der Waals surface area contributed by atoms with Crippen LogP contribution in [0.1, 0.15) is 18.9 Å². The normalized spacial score (nSPS) is 19.8. The molecule has 1 aromatic carbocycles. The number of benzene rings is 1. The number of allylic oxidation sites excluding steroid dienone is 3. The monoisotopic (exact) mass is 460 g/mol. The third-order valence-corrected chi connectivity index (χ3v) is 5.09. The van der Waals surface area contributed by atoms with Gasteiger partial charge in [0.2, 0.25) is 0 Å². The minimum Gasteiger partial charge on any atom is -0.460 e. The molecule has 0 amide bonds. The molecule has 0 spiro atoms. The van der Waals surface area contributed by atoms with Gasteiger partial charge in [0.25, 0.3) is 6.01 Å². The van der Waals surface area contributed by atoms with E-state index < -0.39 is 12.1 Å². The number of rotatable bonds is 7. The van der Waals surface area contributed by atoms with E-state index in [1.165, 1.54) is 18.2 Å². The zero-order valence-electron chi connectivity index (χ0n) is 17.8. The maximum absolute atomic E-state index is 12.3. The first kappa shape index (κ1) is 22.6. The van der Waals surface area contributed by atoms with Crippen molar-refractivity contribution in [3.05, 3.63) is 77.6 Å². The SMILES string of the molecule is CC[C@@H]1Oc2nc(N)cn2C[C@@H]1NCc1ccc(OC2=CC=C=C(OC(F)(F)F)C=C2)cc1. The van der Waals surface area contributed by atoms with Crippen molar-refractivity contribution in [2.45, 2.75) is 44.9 Å². The maximum atomic E-state index is 12.3. The quantitative estimate of drug-likeness (QED) is 0.603. The van der Waals surface area contributed by atoms with Crippen LogP contribution in [0.2, 0.25) is 0 Å². The average molecular weight is 460 g/mol. The Balaban J connectivity index is 1.31. The molecule has 1 aliphatic heterocycles. The van der Waals surface area contributed by atoms with Gasteiger partial charge < -0.3 is 25.3 Å². The number of nitrogens with one attached hydrogen (secondary N) is 1. The van der Waals surface area contributed by atoms with Crippen LogP contribution in [0.5, 0.6) is 11.8 Å². The van der Waals surface area contributed by atoms with Gasteiger partial charge in [0.05, 0.1) is 12.2 Å². The van der Waals surface area contributed by atoms with Gasteiger partial charge in [0, 0.05) is 13.1 Å². The van der Waals surface area contributed by atoms with Crippen molar-refractivity contribution in [3.63, 3.8) is 0 Å². The van der Waals surface area contributed by atoms with E-state index in [-0.39, 0.29) is 12.1 Å². The second-order valence-electron chi connectivity index (χ2n) is 7.52. The summed E-state index contributed by atoms with van der Waals surface area (Å²) in [6, 6.07) is 8.07. The summed E-state index contributed by atoms with van der Waals surface area (Å²) in [7, 11) is 0. The Labute approximate surface area is 188 Å².